The number of hydrogen-bond acceptors (Lipinski definition) is 21. The first-order chi connectivity index (χ1) is 33.9. The molecule has 0 saturated carbocycles. The van der Waals surface area contributed by atoms with Gasteiger partial charge in [0.05, 0.1) is 14.2 Å². The number of ether oxygens (including phenoxy) is 8. The second-order valence-corrected chi connectivity index (χ2v) is 17.2. The Hall–Kier alpha value is -9.00. The smallest absolute Gasteiger partial charge is 0.497 e. The molecular weight excluding hydrogens is 957 g/mol. The quantitative estimate of drug-likeness (QED) is 0.0291. The van der Waals surface area contributed by atoms with Gasteiger partial charge >= 0.3 is 12.3 Å². The first-order valence-electron chi connectivity index (χ1n) is 20.8. The minimum Gasteiger partial charge on any atom is -0.497 e. The molecule has 0 saturated heterocycles. The number of nitrogens with one attached hydrogen (secondary N) is 1. The lowest BCUT2D eigenvalue weighted by atomic mass is 9.88. The molecule has 6 aromatic rings. The Bertz CT molecular complexity index is 2920. The molecule has 0 aliphatic rings. The predicted molar refractivity (Wildman–Crippen MR) is 246 cm³/mol. The molecule has 2 aromatic heterocycles. The van der Waals surface area contributed by atoms with E-state index in [0.29, 0.717) is 22.4 Å². The minimum absolute atomic E-state index is 0.0273. The topological polar surface area (TPSA) is 298 Å². The number of hydrogen-bond donors (Lipinski definition) is 1. The van der Waals surface area contributed by atoms with Gasteiger partial charge < -0.3 is 47.6 Å². The van der Waals surface area contributed by atoms with Gasteiger partial charge in [-0.1, -0.05) is 63.2 Å². The Labute approximate surface area is 404 Å². The van der Waals surface area contributed by atoms with Crippen LogP contribution in [-0.2, 0) is 47.8 Å². The molecule has 0 fully saturated rings. The number of pyridine rings is 1. The van der Waals surface area contributed by atoms with Crippen molar-refractivity contribution in [2.75, 3.05) is 32.2 Å². The number of nitrogens with zero attached hydrogens (tertiary/aromatic N) is 5. The summed E-state index contributed by atoms with van der Waals surface area (Å²) in [6.07, 6.45) is -2.71. The number of rotatable bonds is 22. The van der Waals surface area contributed by atoms with Crippen molar-refractivity contribution in [3.05, 3.63) is 152 Å². The molecular formula is C46H44N6O18S. The maximum atomic E-state index is 14.1. The number of methoxy groups -OCH3 is 2. The lowest BCUT2D eigenvalue weighted by Gasteiger charge is -2.21. The van der Waals surface area contributed by atoms with Gasteiger partial charge in [-0.15, -0.1) is 20.2 Å². The fourth-order valence-corrected chi connectivity index (χ4v) is 6.86. The van der Waals surface area contributed by atoms with E-state index in [1.54, 1.807) is 48.5 Å². The Morgan fingerprint density at radius 2 is 1.28 bits per heavy atom. The first-order valence-corrected chi connectivity index (χ1v) is 22.3. The summed E-state index contributed by atoms with van der Waals surface area (Å²) in [5, 5.41) is 18.9. The van der Waals surface area contributed by atoms with Gasteiger partial charge in [-0.3, -0.25) is 4.72 Å². The monoisotopic (exact) mass is 1000 g/mol. The molecule has 71 heavy (non-hydrogen) atoms. The van der Waals surface area contributed by atoms with Gasteiger partial charge in [-0.2, -0.15) is 13.4 Å². The van der Waals surface area contributed by atoms with Crippen molar-refractivity contribution in [1.82, 2.24) is 15.0 Å². The molecule has 0 radical (unpaired) electrons. The molecule has 2 heterocycles. The van der Waals surface area contributed by atoms with E-state index in [9.17, 15) is 38.2 Å². The second-order valence-electron chi connectivity index (χ2n) is 15.6. The average Bonchev–Trinajstić information content (AvgIpc) is 3.34. The average molecular weight is 1000 g/mol. The molecule has 0 bridgehead atoms. The Morgan fingerprint density at radius 1 is 0.704 bits per heavy atom. The van der Waals surface area contributed by atoms with E-state index in [-0.39, 0.29) is 52.5 Å². The summed E-state index contributed by atoms with van der Waals surface area (Å²) in [5.74, 6) is -0.696. The molecule has 1 unspecified atom stereocenters. The highest BCUT2D eigenvalue weighted by atomic mass is 32.2. The van der Waals surface area contributed by atoms with Crippen molar-refractivity contribution in [2.24, 2.45) is 0 Å². The van der Waals surface area contributed by atoms with E-state index in [4.69, 9.17) is 37.9 Å². The maximum absolute atomic E-state index is 14.1. The second kappa shape index (κ2) is 23.3. The van der Waals surface area contributed by atoms with Gasteiger partial charge in [0.2, 0.25) is 5.75 Å². The van der Waals surface area contributed by atoms with Gasteiger partial charge in [0.25, 0.3) is 26.1 Å². The van der Waals surface area contributed by atoms with Crippen LogP contribution in [-0.4, -0.2) is 79.4 Å². The van der Waals surface area contributed by atoms with Crippen LogP contribution in [0.1, 0.15) is 37.5 Å². The fourth-order valence-electron chi connectivity index (χ4n) is 5.93. The van der Waals surface area contributed by atoms with Gasteiger partial charge in [-0.25, -0.2) is 19.6 Å². The normalized spacial score (nSPS) is 11.5. The van der Waals surface area contributed by atoms with Gasteiger partial charge in [0.15, 0.2) is 34.3 Å². The fraction of sp³-hybridized carbons (Fsp3) is 0.239. The molecule has 6 rings (SSSR count). The van der Waals surface area contributed by atoms with E-state index in [1.807, 2.05) is 20.8 Å². The molecule has 1 atom stereocenters. The van der Waals surface area contributed by atoms with Crippen LogP contribution in [0.5, 0.6) is 40.4 Å². The van der Waals surface area contributed by atoms with E-state index in [1.165, 1.54) is 81.1 Å². The van der Waals surface area contributed by atoms with E-state index in [0.717, 1.165) is 5.56 Å². The van der Waals surface area contributed by atoms with E-state index >= 15 is 0 Å². The van der Waals surface area contributed by atoms with Crippen molar-refractivity contribution in [2.45, 2.75) is 50.5 Å². The van der Waals surface area contributed by atoms with Crippen molar-refractivity contribution < 1.29 is 75.8 Å². The molecule has 372 valence electrons. The number of benzene rings is 4. The number of anilines is 1. The van der Waals surface area contributed by atoms with Crippen molar-refractivity contribution in [3.63, 3.8) is 0 Å². The summed E-state index contributed by atoms with van der Waals surface area (Å²) >= 11 is 0. The van der Waals surface area contributed by atoms with Crippen molar-refractivity contribution in [1.29, 1.82) is 0 Å². The molecule has 25 heteroatoms. The third kappa shape index (κ3) is 15.0. The summed E-state index contributed by atoms with van der Waals surface area (Å²) in [6, 6.07) is 26.6. The minimum atomic E-state index is -4.54. The van der Waals surface area contributed by atoms with Crippen LogP contribution in [0, 0.1) is 20.2 Å². The van der Waals surface area contributed by atoms with Gasteiger partial charge in [0, 0.05) is 11.8 Å². The first kappa shape index (κ1) is 51.4. The van der Waals surface area contributed by atoms with Crippen molar-refractivity contribution >= 4 is 28.2 Å². The SMILES string of the molecule is COc1ccc(-c2nc(NS(=O)(=O)c3ccc(C(C)(C)C)cn3)c(Oc3ccccc3OC)c(OCC(COC(=O)Oc3ccc(CO[N+](=O)[O-])cc3)OC(=O)Oc3ccc(CO[N+](=O)[O-])cc3)n2)cc1. The number of carbonyl (C=O) groups excluding carboxylic acids is 2. The van der Waals surface area contributed by atoms with E-state index in [2.05, 4.69) is 29.3 Å². The summed E-state index contributed by atoms with van der Waals surface area (Å²) in [6.45, 7) is 3.65. The molecule has 1 N–H and O–H groups in total. The lowest BCUT2D eigenvalue weighted by Crippen LogP contribution is -2.33. The molecule has 0 amide bonds. The van der Waals surface area contributed by atoms with E-state index < -0.39 is 69.3 Å². The van der Waals surface area contributed by atoms with Gasteiger partial charge in [0.1, 0.15) is 43.7 Å². The van der Waals surface area contributed by atoms with Crippen LogP contribution in [0.25, 0.3) is 11.4 Å². The van der Waals surface area contributed by atoms with Crippen LogP contribution in [0.2, 0.25) is 0 Å². The standard InChI is InChI=1S/C46H44N6O18S/c1-46(2,3)32-16-23-39(47-24-32)71(59,60)50-42-40(70-38-9-7-6-8-37(38)62-5)43(49-41(48-42)31-14-21-33(61-4)22-15-31)63-27-36(69-45(54)68-35-19-12-30(13-20-35)26-66-52(57)58)28-64-44(53)67-34-17-10-29(11-18-34)25-65-51(55)56/h6-24,36H,25-28H2,1-5H3,(H,48,49,50). The Kier molecular flexibility index (Phi) is 16.9. The third-order valence-electron chi connectivity index (χ3n) is 9.55. The molecule has 4 aromatic carbocycles. The Morgan fingerprint density at radius 3 is 1.82 bits per heavy atom. The highest BCUT2D eigenvalue weighted by molar-refractivity contribution is 7.92. The third-order valence-corrected chi connectivity index (χ3v) is 10.8. The zero-order chi connectivity index (χ0) is 51.1. The Balaban J connectivity index is 1.35. The number of aromatic nitrogens is 3. The molecule has 0 aliphatic heterocycles. The molecule has 24 nitrogen and oxygen atoms in total. The van der Waals surface area contributed by atoms with Crippen molar-refractivity contribution in [3.8, 4) is 51.8 Å². The number of sulfonamides is 1. The summed E-state index contributed by atoms with van der Waals surface area (Å²) < 4.78 is 75.4. The summed E-state index contributed by atoms with van der Waals surface area (Å²) in [5.41, 5.74) is 1.54. The summed E-state index contributed by atoms with van der Waals surface area (Å²) in [7, 11) is -1.68. The number of para-hydroxylation sites is 2. The highest BCUT2D eigenvalue weighted by Crippen LogP contribution is 2.42. The van der Waals surface area contributed by atoms with Gasteiger partial charge in [-0.05, 0) is 88.8 Å². The largest absolute Gasteiger partial charge is 0.514 e. The van der Waals surface area contributed by atoms with Crippen LogP contribution < -0.4 is 33.1 Å². The van der Waals surface area contributed by atoms with Crippen LogP contribution in [0.4, 0.5) is 15.4 Å². The number of carbonyl (C=O) groups is 2. The molecule has 0 aliphatic carbocycles. The van der Waals surface area contributed by atoms with Crippen LogP contribution in [0.15, 0.2) is 120 Å². The molecule has 0 spiro atoms. The van der Waals surface area contributed by atoms with Crippen LogP contribution in [0.3, 0.4) is 0 Å². The maximum Gasteiger partial charge on any atom is 0.514 e. The highest BCUT2D eigenvalue weighted by Gasteiger charge is 2.29. The predicted octanol–water partition coefficient (Wildman–Crippen LogP) is 8.04. The zero-order valence-corrected chi connectivity index (χ0v) is 39.2. The van der Waals surface area contributed by atoms with Crippen LogP contribution >= 0.6 is 0 Å². The lowest BCUT2D eigenvalue weighted by molar-refractivity contribution is -0.763. The zero-order valence-electron chi connectivity index (χ0n) is 38.4. The summed E-state index contributed by atoms with van der Waals surface area (Å²) in [4.78, 5) is 69.6.